The molecule has 3 nitrogen and oxygen atoms in total. The third kappa shape index (κ3) is 1.96. The standard InChI is InChI=1S/C10H13NO2S/c1-7(12)11(13)6-8-5-9(8)10-3-2-4-14-10/h2-4,8-9,13H,5-6H2,1H3. The van der Waals surface area contributed by atoms with Gasteiger partial charge in [-0.05, 0) is 29.7 Å². The lowest BCUT2D eigenvalue weighted by Gasteiger charge is -2.11. The van der Waals surface area contributed by atoms with E-state index in [1.54, 1.807) is 11.3 Å². The van der Waals surface area contributed by atoms with Crippen LogP contribution in [-0.2, 0) is 4.79 Å². The summed E-state index contributed by atoms with van der Waals surface area (Å²) in [5.41, 5.74) is 0. The summed E-state index contributed by atoms with van der Waals surface area (Å²) in [4.78, 5) is 12.1. The highest BCUT2D eigenvalue weighted by Crippen LogP contribution is 2.49. The minimum atomic E-state index is -0.276. The molecule has 1 aromatic heterocycles. The van der Waals surface area contributed by atoms with E-state index in [0.717, 1.165) is 11.5 Å². The van der Waals surface area contributed by atoms with Gasteiger partial charge in [0.25, 0.3) is 0 Å². The van der Waals surface area contributed by atoms with E-state index in [0.29, 0.717) is 18.4 Å². The lowest BCUT2D eigenvalue weighted by molar-refractivity contribution is -0.163. The molecule has 76 valence electrons. The molecule has 1 aliphatic carbocycles. The molecule has 2 unspecified atom stereocenters. The van der Waals surface area contributed by atoms with Crippen molar-refractivity contribution in [2.24, 2.45) is 5.92 Å². The Balaban J connectivity index is 1.85. The number of carbonyl (C=O) groups is 1. The van der Waals surface area contributed by atoms with E-state index in [9.17, 15) is 10.0 Å². The van der Waals surface area contributed by atoms with Gasteiger partial charge < -0.3 is 0 Å². The first kappa shape index (κ1) is 9.68. The fourth-order valence-electron chi connectivity index (χ4n) is 1.65. The average molecular weight is 211 g/mol. The molecule has 1 saturated carbocycles. The van der Waals surface area contributed by atoms with Gasteiger partial charge in [0.05, 0.1) is 6.54 Å². The van der Waals surface area contributed by atoms with Crippen molar-refractivity contribution in [2.45, 2.75) is 19.3 Å². The third-order valence-corrected chi connectivity index (χ3v) is 3.61. The minimum absolute atomic E-state index is 0.276. The molecule has 1 N–H and O–H groups in total. The van der Waals surface area contributed by atoms with Crippen molar-refractivity contribution in [3.63, 3.8) is 0 Å². The van der Waals surface area contributed by atoms with Crippen molar-refractivity contribution in [1.29, 1.82) is 0 Å². The van der Waals surface area contributed by atoms with Gasteiger partial charge in [-0.25, -0.2) is 5.06 Å². The molecule has 0 bridgehead atoms. The largest absolute Gasteiger partial charge is 0.286 e. The maximum atomic E-state index is 10.8. The van der Waals surface area contributed by atoms with Crippen molar-refractivity contribution >= 4 is 17.2 Å². The Morgan fingerprint density at radius 2 is 2.57 bits per heavy atom. The summed E-state index contributed by atoms with van der Waals surface area (Å²) in [6.07, 6.45) is 1.09. The molecule has 2 atom stereocenters. The topological polar surface area (TPSA) is 40.5 Å². The first-order chi connectivity index (χ1) is 6.68. The second-order valence-corrected chi connectivity index (χ2v) is 4.70. The molecular weight excluding hydrogens is 198 g/mol. The van der Waals surface area contributed by atoms with E-state index < -0.39 is 0 Å². The quantitative estimate of drug-likeness (QED) is 0.614. The Morgan fingerprint density at radius 1 is 1.79 bits per heavy atom. The predicted octanol–water partition coefficient (Wildman–Crippen LogP) is 2.09. The molecule has 0 aromatic carbocycles. The molecule has 1 amide bonds. The van der Waals surface area contributed by atoms with Gasteiger partial charge in [0.2, 0.25) is 5.91 Å². The Bertz CT molecular complexity index is 323. The van der Waals surface area contributed by atoms with Crippen molar-refractivity contribution in [3.05, 3.63) is 22.4 Å². The SMILES string of the molecule is CC(=O)N(O)CC1CC1c1cccs1. The molecule has 2 rings (SSSR count). The lowest BCUT2D eigenvalue weighted by Crippen LogP contribution is -2.27. The zero-order valence-electron chi connectivity index (χ0n) is 8.01. The number of thiophene rings is 1. The van der Waals surface area contributed by atoms with Crippen LogP contribution in [0.3, 0.4) is 0 Å². The third-order valence-electron chi connectivity index (χ3n) is 2.60. The Labute approximate surface area is 86.9 Å². The van der Waals surface area contributed by atoms with Crippen molar-refractivity contribution < 1.29 is 10.0 Å². The molecule has 1 fully saturated rings. The molecule has 0 spiro atoms. The summed E-state index contributed by atoms with van der Waals surface area (Å²) in [6.45, 7) is 1.85. The van der Waals surface area contributed by atoms with Crippen LogP contribution in [0.5, 0.6) is 0 Å². The highest BCUT2D eigenvalue weighted by Gasteiger charge is 2.40. The van der Waals surface area contributed by atoms with Crippen molar-refractivity contribution in [1.82, 2.24) is 5.06 Å². The molecule has 1 aromatic rings. The van der Waals surface area contributed by atoms with E-state index in [-0.39, 0.29) is 5.91 Å². The van der Waals surface area contributed by atoms with Crippen molar-refractivity contribution in [3.8, 4) is 0 Å². The summed E-state index contributed by atoms with van der Waals surface area (Å²) in [6, 6.07) is 4.15. The van der Waals surface area contributed by atoms with Gasteiger partial charge >= 0.3 is 0 Å². The first-order valence-corrected chi connectivity index (χ1v) is 5.57. The monoisotopic (exact) mass is 211 g/mol. The summed E-state index contributed by atoms with van der Waals surface area (Å²) >= 11 is 1.75. The fraction of sp³-hybridized carbons (Fsp3) is 0.500. The normalized spacial score (nSPS) is 24.7. The Morgan fingerprint density at radius 3 is 3.14 bits per heavy atom. The number of hydroxylamine groups is 2. The highest BCUT2D eigenvalue weighted by molar-refractivity contribution is 7.10. The molecule has 1 aliphatic rings. The Hall–Kier alpha value is -0.870. The molecule has 0 radical (unpaired) electrons. The predicted molar refractivity (Wildman–Crippen MR) is 54.3 cm³/mol. The molecular formula is C10H13NO2S. The van der Waals surface area contributed by atoms with Crippen LogP contribution in [0.2, 0.25) is 0 Å². The van der Waals surface area contributed by atoms with Crippen LogP contribution in [0.4, 0.5) is 0 Å². The summed E-state index contributed by atoms with van der Waals surface area (Å²) < 4.78 is 0. The van der Waals surface area contributed by atoms with Crippen molar-refractivity contribution in [2.75, 3.05) is 6.54 Å². The van der Waals surface area contributed by atoms with E-state index in [1.165, 1.54) is 11.8 Å². The molecule has 0 aliphatic heterocycles. The maximum absolute atomic E-state index is 10.8. The van der Waals surface area contributed by atoms with Gasteiger partial charge in [0.1, 0.15) is 0 Å². The second-order valence-electron chi connectivity index (χ2n) is 3.72. The molecule has 4 heteroatoms. The number of hydrogen-bond acceptors (Lipinski definition) is 3. The van der Waals surface area contributed by atoms with E-state index in [4.69, 9.17) is 0 Å². The molecule has 1 heterocycles. The van der Waals surface area contributed by atoms with E-state index in [2.05, 4.69) is 11.4 Å². The van der Waals surface area contributed by atoms with Crippen LogP contribution < -0.4 is 0 Å². The van der Waals surface area contributed by atoms with Gasteiger partial charge in [-0.1, -0.05) is 6.07 Å². The van der Waals surface area contributed by atoms with Crippen LogP contribution in [0.1, 0.15) is 24.1 Å². The van der Waals surface area contributed by atoms with Gasteiger partial charge in [-0.15, -0.1) is 11.3 Å². The number of nitrogens with zero attached hydrogens (tertiary/aromatic N) is 1. The zero-order valence-corrected chi connectivity index (χ0v) is 8.83. The molecule has 0 saturated heterocycles. The maximum Gasteiger partial charge on any atom is 0.242 e. The number of carbonyl (C=O) groups excluding carboxylic acids is 1. The number of amides is 1. The lowest BCUT2D eigenvalue weighted by atomic mass is 10.2. The minimum Gasteiger partial charge on any atom is -0.286 e. The van der Waals surface area contributed by atoms with E-state index >= 15 is 0 Å². The van der Waals surface area contributed by atoms with Crippen LogP contribution in [0, 0.1) is 5.92 Å². The van der Waals surface area contributed by atoms with Gasteiger partial charge in [0, 0.05) is 11.8 Å². The summed E-state index contributed by atoms with van der Waals surface area (Å²) in [5.74, 6) is 0.730. The van der Waals surface area contributed by atoms with Crippen LogP contribution >= 0.6 is 11.3 Å². The highest BCUT2D eigenvalue weighted by atomic mass is 32.1. The zero-order chi connectivity index (χ0) is 10.1. The fourth-order valence-corrected chi connectivity index (χ4v) is 2.59. The van der Waals surface area contributed by atoms with Gasteiger partial charge in [-0.3, -0.25) is 10.0 Å². The molecule has 14 heavy (non-hydrogen) atoms. The number of rotatable bonds is 3. The van der Waals surface area contributed by atoms with Crippen LogP contribution in [-0.4, -0.2) is 22.7 Å². The smallest absolute Gasteiger partial charge is 0.242 e. The van der Waals surface area contributed by atoms with Crippen LogP contribution in [0.15, 0.2) is 17.5 Å². The first-order valence-electron chi connectivity index (χ1n) is 4.69. The summed E-state index contributed by atoms with van der Waals surface area (Å²) in [5, 5.41) is 12.1. The average Bonchev–Trinajstić information content (AvgIpc) is 2.70. The number of hydrogen-bond donors (Lipinski definition) is 1. The second kappa shape index (κ2) is 3.71. The van der Waals surface area contributed by atoms with Gasteiger partial charge in [0.15, 0.2) is 0 Å². The van der Waals surface area contributed by atoms with Crippen LogP contribution in [0.25, 0.3) is 0 Å². The van der Waals surface area contributed by atoms with E-state index in [1.807, 2.05) is 6.07 Å². The summed E-state index contributed by atoms with van der Waals surface area (Å²) in [7, 11) is 0. The van der Waals surface area contributed by atoms with Gasteiger partial charge in [-0.2, -0.15) is 0 Å². The Kier molecular flexibility index (Phi) is 2.56.